The predicted molar refractivity (Wildman–Crippen MR) is 126 cm³/mol. The molecule has 6 aliphatic rings. The third-order valence-electron chi connectivity index (χ3n) is 11.0. The van der Waals surface area contributed by atoms with E-state index in [1.165, 1.54) is 36.2 Å². The number of ether oxygens (including phenoxy) is 1. The Hall–Kier alpha value is -2.27. The van der Waals surface area contributed by atoms with Gasteiger partial charge < -0.3 is 4.74 Å². The summed E-state index contributed by atoms with van der Waals surface area (Å²) in [4.78, 5) is 39.4. The monoisotopic (exact) mass is 459 g/mol. The van der Waals surface area contributed by atoms with E-state index < -0.39 is 0 Å². The molecule has 0 aromatic heterocycles. The first-order valence-corrected chi connectivity index (χ1v) is 13.2. The number of nitrogens with zero attached hydrogens (tertiary/aromatic N) is 1. The van der Waals surface area contributed by atoms with E-state index in [0.29, 0.717) is 47.8 Å². The van der Waals surface area contributed by atoms with E-state index in [1.807, 2.05) is 18.2 Å². The Kier molecular flexibility index (Phi) is 4.27. The summed E-state index contributed by atoms with van der Waals surface area (Å²) in [7, 11) is 0. The van der Waals surface area contributed by atoms with Gasteiger partial charge in [0.25, 0.3) is 11.8 Å². The van der Waals surface area contributed by atoms with Crippen LogP contribution in [-0.2, 0) is 9.53 Å². The zero-order valence-corrected chi connectivity index (χ0v) is 20.1. The average Bonchev–Trinajstić information content (AvgIpc) is 3.50. The number of benzene rings is 1. The van der Waals surface area contributed by atoms with Gasteiger partial charge in [0.1, 0.15) is 6.10 Å². The van der Waals surface area contributed by atoms with Gasteiger partial charge in [0.15, 0.2) is 5.78 Å². The van der Waals surface area contributed by atoms with Gasteiger partial charge in [-0.1, -0.05) is 26.0 Å². The van der Waals surface area contributed by atoms with Crippen LogP contribution in [0.25, 0.3) is 0 Å². The largest absolute Gasteiger partial charge is 0.365 e. The van der Waals surface area contributed by atoms with E-state index in [-0.39, 0.29) is 40.6 Å². The van der Waals surface area contributed by atoms with Crippen LogP contribution in [0.4, 0.5) is 0 Å². The SMILES string of the molecule is C[C@]12CCC3C(C1CCC2CCN1C(=O)c2ccccc2C1=O)[C@H]1O[C@H]1C1=CC(=O)CC[C@@]13C. The lowest BCUT2D eigenvalue weighted by molar-refractivity contribution is -0.117. The molecule has 0 N–H and O–H groups in total. The van der Waals surface area contributed by atoms with Crippen molar-refractivity contribution >= 4 is 17.6 Å². The van der Waals surface area contributed by atoms with Crippen molar-refractivity contribution in [3.63, 3.8) is 0 Å². The summed E-state index contributed by atoms with van der Waals surface area (Å²) >= 11 is 0. The van der Waals surface area contributed by atoms with Gasteiger partial charge in [-0.3, -0.25) is 19.3 Å². The molecule has 34 heavy (non-hydrogen) atoms. The molecular weight excluding hydrogens is 426 g/mol. The van der Waals surface area contributed by atoms with Crippen LogP contribution in [0.3, 0.4) is 0 Å². The van der Waals surface area contributed by atoms with Crippen LogP contribution in [0.2, 0.25) is 0 Å². The molecule has 0 spiro atoms. The Labute approximate surface area is 200 Å². The Balaban J connectivity index is 1.11. The van der Waals surface area contributed by atoms with Crippen LogP contribution in [0.15, 0.2) is 35.9 Å². The Morgan fingerprint density at radius 1 is 0.971 bits per heavy atom. The maximum atomic E-state index is 12.9. The molecule has 2 aliphatic heterocycles. The summed E-state index contributed by atoms with van der Waals surface area (Å²) in [5, 5.41) is 0. The van der Waals surface area contributed by atoms with Gasteiger partial charge in [-0.05, 0) is 96.8 Å². The molecule has 2 amide bonds. The first kappa shape index (κ1) is 21.0. The predicted octanol–water partition coefficient (Wildman–Crippen LogP) is 4.81. The molecule has 4 fully saturated rings. The van der Waals surface area contributed by atoms with Crippen LogP contribution in [0, 0.1) is 34.5 Å². The maximum Gasteiger partial charge on any atom is 0.261 e. The first-order valence-electron chi connectivity index (χ1n) is 13.2. The lowest BCUT2D eigenvalue weighted by Crippen LogP contribution is -2.53. The maximum absolute atomic E-state index is 12.9. The number of carbonyl (C=O) groups excluding carboxylic acids is 3. The molecule has 1 aromatic carbocycles. The van der Waals surface area contributed by atoms with Crippen molar-refractivity contribution in [3.05, 3.63) is 47.0 Å². The topological polar surface area (TPSA) is 67.0 Å². The van der Waals surface area contributed by atoms with Gasteiger partial charge in [0.2, 0.25) is 0 Å². The summed E-state index contributed by atoms with van der Waals surface area (Å²) in [5.74, 6) is 2.33. The minimum Gasteiger partial charge on any atom is -0.365 e. The molecule has 178 valence electrons. The summed E-state index contributed by atoms with van der Waals surface area (Å²) in [6.07, 6.45) is 9.68. The molecule has 4 aliphatic carbocycles. The van der Waals surface area contributed by atoms with E-state index in [1.54, 1.807) is 12.1 Å². The van der Waals surface area contributed by atoms with Gasteiger partial charge in [-0.2, -0.15) is 0 Å². The van der Waals surface area contributed by atoms with Crippen LogP contribution in [0.1, 0.15) is 79.5 Å². The summed E-state index contributed by atoms with van der Waals surface area (Å²) in [5.41, 5.74) is 2.73. The molecule has 8 atom stereocenters. The Morgan fingerprint density at radius 3 is 2.44 bits per heavy atom. The van der Waals surface area contributed by atoms with Crippen molar-refractivity contribution in [3.8, 4) is 0 Å². The number of ketones is 1. The van der Waals surface area contributed by atoms with Gasteiger partial charge in [-0.15, -0.1) is 0 Å². The molecule has 5 heteroatoms. The summed E-state index contributed by atoms with van der Waals surface area (Å²) in [6, 6.07) is 7.19. The lowest BCUT2D eigenvalue weighted by atomic mass is 9.47. The molecule has 2 heterocycles. The van der Waals surface area contributed by atoms with E-state index >= 15 is 0 Å². The highest BCUT2D eigenvalue weighted by Gasteiger charge is 2.68. The van der Waals surface area contributed by atoms with Crippen molar-refractivity contribution in [1.29, 1.82) is 0 Å². The normalized spacial score (nSPS) is 44.1. The van der Waals surface area contributed by atoms with Crippen LogP contribution < -0.4 is 0 Å². The fraction of sp³-hybridized carbons (Fsp3) is 0.621. The van der Waals surface area contributed by atoms with Crippen molar-refractivity contribution in [2.24, 2.45) is 34.5 Å². The van der Waals surface area contributed by atoms with Crippen molar-refractivity contribution in [2.75, 3.05) is 6.54 Å². The second-order valence-electron chi connectivity index (χ2n) is 12.2. The second-order valence-corrected chi connectivity index (χ2v) is 12.2. The van der Waals surface area contributed by atoms with Crippen LogP contribution in [0.5, 0.6) is 0 Å². The minimum atomic E-state index is -0.135. The van der Waals surface area contributed by atoms with Crippen molar-refractivity contribution in [1.82, 2.24) is 4.90 Å². The fourth-order valence-electron chi connectivity index (χ4n) is 9.12. The third-order valence-corrected chi connectivity index (χ3v) is 11.0. The van der Waals surface area contributed by atoms with Crippen molar-refractivity contribution in [2.45, 2.75) is 71.0 Å². The molecule has 5 nitrogen and oxygen atoms in total. The summed E-state index contributed by atoms with van der Waals surface area (Å²) < 4.78 is 6.31. The number of fused-ring (bicyclic) bond motifs is 9. The molecular formula is C29H33NO4. The number of hydrogen-bond acceptors (Lipinski definition) is 4. The molecule has 1 aromatic rings. The average molecular weight is 460 g/mol. The number of carbonyl (C=O) groups is 3. The molecule has 4 unspecified atom stereocenters. The first-order chi connectivity index (χ1) is 16.3. The number of hydrogen-bond donors (Lipinski definition) is 0. The van der Waals surface area contributed by atoms with Gasteiger partial charge in [0.05, 0.1) is 17.2 Å². The number of amides is 2. The smallest absolute Gasteiger partial charge is 0.261 e. The Morgan fingerprint density at radius 2 is 1.71 bits per heavy atom. The molecule has 0 bridgehead atoms. The lowest BCUT2D eigenvalue weighted by Gasteiger charge is -2.56. The fourth-order valence-corrected chi connectivity index (χ4v) is 9.12. The van der Waals surface area contributed by atoms with E-state index in [4.69, 9.17) is 4.74 Å². The van der Waals surface area contributed by atoms with Gasteiger partial charge in [-0.25, -0.2) is 0 Å². The third kappa shape index (κ3) is 2.62. The quantitative estimate of drug-likeness (QED) is 0.481. The van der Waals surface area contributed by atoms with E-state index in [2.05, 4.69) is 13.8 Å². The minimum absolute atomic E-state index is 0.107. The molecule has 7 rings (SSSR count). The van der Waals surface area contributed by atoms with Gasteiger partial charge in [0, 0.05) is 13.0 Å². The highest BCUT2D eigenvalue weighted by atomic mass is 16.6. The second kappa shape index (κ2) is 6.90. The number of imide groups is 1. The number of rotatable bonds is 3. The highest BCUT2D eigenvalue weighted by Crippen LogP contribution is 2.70. The van der Waals surface area contributed by atoms with Crippen molar-refractivity contribution < 1.29 is 19.1 Å². The van der Waals surface area contributed by atoms with Crippen LogP contribution in [-0.4, -0.2) is 41.3 Å². The standard InChI is InChI=1S/C29H33NO4/c1-28-13-10-21-23(25-24(34-25)22-15-17(31)9-12-29(21,22)2)20(28)8-7-16(28)11-14-30-26(32)18-5-3-4-6-19(18)27(30)33/h3-6,15-16,20-21,23-25H,7-14H2,1-2H3/t16?,20?,21?,23?,24-,25+,28+,29+/m0/s1. The molecule has 3 saturated carbocycles. The summed E-state index contributed by atoms with van der Waals surface area (Å²) in [6.45, 7) is 5.39. The zero-order chi connectivity index (χ0) is 23.4. The molecule has 1 saturated heterocycles. The highest BCUT2D eigenvalue weighted by molar-refractivity contribution is 6.21. The zero-order valence-electron chi connectivity index (χ0n) is 20.1. The number of epoxide rings is 1. The Bertz CT molecular complexity index is 1120. The van der Waals surface area contributed by atoms with E-state index in [0.717, 1.165) is 12.8 Å². The molecule has 0 radical (unpaired) electrons. The van der Waals surface area contributed by atoms with Crippen LogP contribution >= 0.6 is 0 Å². The van der Waals surface area contributed by atoms with E-state index in [9.17, 15) is 14.4 Å². The van der Waals surface area contributed by atoms with Gasteiger partial charge >= 0.3 is 0 Å².